The molecule has 18 heavy (non-hydrogen) atoms. The number of amides is 1. The minimum Gasteiger partial charge on any atom is -0.494 e. The van der Waals surface area contributed by atoms with Gasteiger partial charge in [-0.3, -0.25) is 9.59 Å². The highest BCUT2D eigenvalue weighted by atomic mass is 19.1. The molecule has 0 saturated heterocycles. The maximum atomic E-state index is 13.8. The van der Waals surface area contributed by atoms with E-state index >= 15 is 0 Å². The van der Waals surface area contributed by atoms with Crippen molar-refractivity contribution in [1.82, 2.24) is 4.90 Å². The van der Waals surface area contributed by atoms with Crippen molar-refractivity contribution < 1.29 is 23.8 Å². The van der Waals surface area contributed by atoms with Crippen molar-refractivity contribution >= 4 is 11.9 Å². The lowest BCUT2D eigenvalue weighted by molar-refractivity contribution is -0.137. The zero-order valence-electron chi connectivity index (χ0n) is 10.1. The Morgan fingerprint density at radius 2 is 2.11 bits per heavy atom. The van der Waals surface area contributed by atoms with E-state index in [4.69, 9.17) is 9.84 Å². The Morgan fingerprint density at radius 1 is 1.44 bits per heavy atom. The van der Waals surface area contributed by atoms with Crippen LogP contribution < -0.4 is 4.74 Å². The molecule has 6 heteroatoms. The van der Waals surface area contributed by atoms with Gasteiger partial charge in [0, 0.05) is 13.6 Å². The molecule has 0 spiro atoms. The zero-order chi connectivity index (χ0) is 13.7. The fourth-order valence-corrected chi connectivity index (χ4v) is 1.40. The predicted molar refractivity (Wildman–Crippen MR) is 62.2 cm³/mol. The summed E-state index contributed by atoms with van der Waals surface area (Å²) in [5.74, 6) is -2.35. The van der Waals surface area contributed by atoms with Crippen molar-refractivity contribution in [1.29, 1.82) is 0 Å². The Balaban J connectivity index is 2.86. The standard InChI is InChI=1S/C12H14FNO4/c1-14(7-6-10(15)16)12(17)8-4-3-5-9(18-2)11(8)13/h3-5H,6-7H2,1-2H3,(H,15,16). The molecule has 1 N–H and O–H groups in total. The van der Waals surface area contributed by atoms with Crippen molar-refractivity contribution in [2.24, 2.45) is 0 Å². The third-order valence-electron chi connectivity index (χ3n) is 2.42. The summed E-state index contributed by atoms with van der Waals surface area (Å²) in [5, 5.41) is 8.52. The van der Waals surface area contributed by atoms with Crippen LogP contribution in [0, 0.1) is 5.82 Å². The molecule has 0 aromatic heterocycles. The maximum Gasteiger partial charge on any atom is 0.305 e. The van der Waals surface area contributed by atoms with Gasteiger partial charge in [-0.05, 0) is 12.1 Å². The van der Waals surface area contributed by atoms with Crippen LogP contribution in [0.4, 0.5) is 4.39 Å². The number of hydrogen-bond donors (Lipinski definition) is 1. The normalized spacial score (nSPS) is 9.94. The Labute approximate surface area is 104 Å². The predicted octanol–water partition coefficient (Wildman–Crippen LogP) is 1.38. The average molecular weight is 255 g/mol. The number of ether oxygens (including phenoxy) is 1. The van der Waals surface area contributed by atoms with Crippen molar-refractivity contribution in [3.63, 3.8) is 0 Å². The third kappa shape index (κ3) is 3.19. The topological polar surface area (TPSA) is 66.8 Å². The van der Waals surface area contributed by atoms with E-state index in [-0.39, 0.29) is 24.3 Å². The first-order valence-corrected chi connectivity index (χ1v) is 5.27. The van der Waals surface area contributed by atoms with Gasteiger partial charge in [-0.2, -0.15) is 0 Å². The van der Waals surface area contributed by atoms with Crippen molar-refractivity contribution in [3.8, 4) is 5.75 Å². The van der Waals surface area contributed by atoms with Gasteiger partial charge in [0.15, 0.2) is 11.6 Å². The van der Waals surface area contributed by atoms with Crippen LogP contribution in [-0.2, 0) is 4.79 Å². The zero-order valence-corrected chi connectivity index (χ0v) is 10.1. The van der Waals surface area contributed by atoms with Gasteiger partial charge in [-0.25, -0.2) is 4.39 Å². The van der Waals surface area contributed by atoms with Gasteiger partial charge in [0.1, 0.15) is 0 Å². The van der Waals surface area contributed by atoms with Crippen molar-refractivity contribution in [2.75, 3.05) is 20.7 Å². The molecule has 0 atom stereocenters. The number of carbonyl (C=O) groups excluding carboxylic acids is 1. The fourth-order valence-electron chi connectivity index (χ4n) is 1.40. The van der Waals surface area contributed by atoms with Gasteiger partial charge >= 0.3 is 5.97 Å². The average Bonchev–Trinajstić information content (AvgIpc) is 2.35. The first-order chi connectivity index (χ1) is 8.47. The van der Waals surface area contributed by atoms with E-state index in [1.54, 1.807) is 0 Å². The quantitative estimate of drug-likeness (QED) is 0.863. The second-order valence-corrected chi connectivity index (χ2v) is 3.69. The molecule has 1 amide bonds. The molecule has 0 radical (unpaired) electrons. The Morgan fingerprint density at radius 3 is 2.67 bits per heavy atom. The molecule has 0 bridgehead atoms. The van der Waals surface area contributed by atoms with Gasteiger partial charge in [0.05, 0.1) is 19.1 Å². The summed E-state index contributed by atoms with van der Waals surface area (Å²) in [7, 11) is 2.73. The smallest absolute Gasteiger partial charge is 0.305 e. The van der Waals surface area contributed by atoms with Crippen LogP contribution in [0.1, 0.15) is 16.8 Å². The summed E-state index contributed by atoms with van der Waals surface area (Å²) in [6.07, 6.45) is -0.187. The van der Waals surface area contributed by atoms with Crippen molar-refractivity contribution in [3.05, 3.63) is 29.6 Å². The lowest BCUT2D eigenvalue weighted by Gasteiger charge is -2.17. The molecular formula is C12H14FNO4. The number of benzene rings is 1. The molecule has 1 aromatic carbocycles. The molecule has 0 unspecified atom stereocenters. The summed E-state index contributed by atoms with van der Waals surface area (Å²) < 4.78 is 18.6. The summed E-state index contributed by atoms with van der Waals surface area (Å²) in [5.41, 5.74) is -0.137. The number of carboxylic acid groups (broad SMARTS) is 1. The van der Waals surface area contributed by atoms with E-state index in [1.165, 1.54) is 32.4 Å². The molecule has 1 rings (SSSR count). The van der Waals surface area contributed by atoms with E-state index in [2.05, 4.69) is 0 Å². The van der Waals surface area contributed by atoms with Crippen LogP contribution in [0.15, 0.2) is 18.2 Å². The molecule has 0 aliphatic rings. The van der Waals surface area contributed by atoms with E-state index in [9.17, 15) is 14.0 Å². The van der Waals surface area contributed by atoms with Gasteiger partial charge in [0.2, 0.25) is 0 Å². The molecule has 5 nitrogen and oxygen atoms in total. The number of carbonyl (C=O) groups is 2. The van der Waals surface area contributed by atoms with Gasteiger partial charge < -0.3 is 14.7 Å². The third-order valence-corrected chi connectivity index (χ3v) is 2.42. The van der Waals surface area contributed by atoms with E-state index in [0.717, 1.165) is 4.90 Å². The summed E-state index contributed by atoms with van der Waals surface area (Å²) >= 11 is 0. The lowest BCUT2D eigenvalue weighted by atomic mass is 10.1. The van der Waals surface area contributed by atoms with Gasteiger partial charge in [-0.15, -0.1) is 0 Å². The largest absolute Gasteiger partial charge is 0.494 e. The van der Waals surface area contributed by atoms with Crippen LogP contribution >= 0.6 is 0 Å². The summed E-state index contributed by atoms with van der Waals surface area (Å²) in [6.45, 7) is 0.0187. The highest BCUT2D eigenvalue weighted by molar-refractivity contribution is 5.95. The van der Waals surface area contributed by atoms with Crippen LogP contribution in [0.25, 0.3) is 0 Å². The number of halogens is 1. The second-order valence-electron chi connectivity index (χ2n) is 3.69. The molecule has 1 aromatic rings. The first-order valence-electron chi connectivity index (χ1n) is 5.27. The summed E-state index contributed by atoms with van der Waals surface area (Å²) in [6, 6.07) is 4.24. The number of methoxy groups -OCH3 is 1. The molecule has 0 saturated carbocycles. The molecule has 98 valence electrons. The Hall–Kier alpha value is -2.11. The lowest BCUT2D eigenvalue weighted by Crippen LogP contribution is -2.29. The van der Waals surface area contributed by atoms with Crippen LogP contribution in [0.2, 0.25) is 0 Å². The molecule has 0 fully saturated rings. The minimum absolute atomic E-state index is 0.0187. The number of aliphatic carboxylic acids is 1. The Kier molecular flexibility index (Phi) is 4.65. The summed E-state index contributed by atoms with van der Waals surface area (Å²) in [4.78, 5) is 23.4. The van der Waals surface area contributed by atoms with Crippen LogP contribution in [-0.4, -0.2) is 42.6 Å². The fraction of sp³-hybridized carbons (Fsp3) is 0.333. The monoisotopic (exact) mass is 255 g/mol. The van der Waals surface area contributed by atoms with Gasteiger partial charge in [-0.1, -0.05) is 6.07 Å². The van der Waals surface area contributed by atoms with E-state index in [1.807, 2.05) is 0 Å². The molecular weight excluding hydrogens is 241 g/mol. The highest BCUT2D eigenvalue weighted by Gasteiger charge is 2.19. The number of nitrogens with zero attached hydrogens (tertiary/aromatic N) is 1. The van der Waals surface area contributed by atoms with E-state index < -0.39 is 17.7 Å². The maximum absolute atomic E-state index is 13.8. The van der Waals surface area contributed by atoms with Crippen LogP contribution in [0.5, 0.6) is 5.75 Å². The first kappa shape index (κ1) is 14.0. The number of hydrogen-bond acceptors (Lipinski definition) is 3. The Bertz CT molecular complexity index is 461. The second kappa shape index (κ2) is 6.00. The SMILES string of the molecule is COc1cccc(C(=O)N(C)CCC(=O)O)c1F. The van der Waals surface area contributed by atoms with Gasteiger partial charge in [0.25, 0.3) is 5.91 Å². The van der Waals surface area contributed by atoms with E-state index in [0.29, 0.717) is 0 Å². The minimum atomic E-state index is -1.01. The molecule has 0 heterocycles. The number of rotatable bonds is 5. The highest BCUT2D eigenvalue weighted by Crippen LogP contribution is 2.20. The van der Waals surface area contributed by atoms with Crippen molar-refractivity contribution in [2.45, 2.75) is 6.42 Å². The van der Waals surface area contributed by atoms with Crippen LogP contribution in [0.3, 0.4) is 0 Å². The number of carboxylic acids is 1. The molecule has 0 aliphatic carbocycles. The molecule has 0 aliphatic heterocycles.